The Morgan fingerprint density at radius 2 is 1.91 bits per heavy atom. The molecular weight excluding hydrogens is 318 g/mol. The first kappa shape index (κ1) is 18.3. The van der Waals surface area contributed by atoms with Crippen LogP contribution in [0, 0.1) is 10.1 Å². The third-order valence-corrected chi connectivity index (χ3v) is 3.36. The SMILES string of the molecule is C=C(O[Si](C)(C)C)C(=[N+]=[N-])C(=O)OCc1ccc([N+](=O)[O-])cc1. The quantitative estimate of drug-likeness (QED) is 0.111. The van der Waals surface area contributed by atoms with Crippen LogP contribution in [0.15, 0.2) is 36.6 Å². The Bertz CT molecular complexity index is 673. The van der Waals surface area contributed by atoms with Gasteiger partial charge in [0.25, 0.3) is 5.69 Å². The normalized spacial score (nSPS) is 10.4. The van der Waals surface area contributed by atoms with E-state index in [-0.39, 0.29) is 18.1 Å². The summed E-state index contributed by atoms with van der Waals surface area (Å²) < 4.78 is 10.5. The lowest BCUT2D eigenvalue weighted by atomic mass is 10.2. The molecule has 0 fully saturated rings. The summed E-state index contributed by atoms with van der Waals surface area (Å²) in [6, 6.07) is 5.54. The van der Waals surface area contributed by atoms with E-state index < -0.39 is 24.9 Å². The van der Waals surface area contributed by atoms with Gasteiger partial charge < -0.3 is 14.7 Å². The van der Waals surface area contributed by atoms with Crippen molar-refractivity contribution in [2.24, 2.45) is 0 Å². The summed E-state index contributed by atoms with van der Waals surface area (Å²) in [7, 11) is -2.01. The van der Waals surface area contributed by atoms with Gasteiger partial charge in [-0.1, -0.05) is 0 Å². The smallest absolute Gasteiger partial charge is 0.438 e. The molecular formula is C14H17N3O5Si. The third kappa shape index (κ3) is 5.85. The number of hydrogen-bond donors (Lipinski definition) is 0. The van der Waals surface area contributed by atoms with E-state index in [2.05, 4.69) is 11.4 Å². The second-order valence-corrected chi connectivity index (χ2v) is 10.0. The number of ether oxygens (including phenoxy) is 1. The summed E-state index contributed by atoms with van der Waals surface area (Å²) in [6.45, 7) is 9.09. The van der Waals surface area contributed by atoms with Crippen molar-refractivity contribution < 1.29 is 23.7 Å². The van der Waals surface area contributed by atoms with E-state index in [1.165, 1.54) is 24.3 Å². The minimum absolute atomic E-state index is 0.0552. The van der Waals surface area contributed by atoms with Gasteiger partial charge in [-0.05, 0) is 43.9 Å². The van der Waals surface area contributed by atoms with Gasteiger partial charge in [0.05, 0.1) is 4.92 Å². The van der Waals surface area contributed by atoms with Gasteiger partial charge in [-0.25, -0.2) is 4.79 Å². The van der Waals surface area contributed by atoms with Gasteiger partial charge in [0, 0.05) is 12.1 Å². The van der Waals surface area contributed by atoms with Crippen LogP contribution in [0.5, 0.6) is 0 Å². The van der Waals surface area contributed by atoms with Crippen molar-refractivity contribution in [3.63, 3.8) is 0 Å². The molecule has 0 heterocycles. The Labute approximate surface area is 134 Å². The number of benzene rings is 1. The van der Waals surface area contributed by atoms with Crippen molar-refractivity contribution in [2.45, 2.75) is 26.2 Å². The summed E-state index contributed by atoms with van der Waals surface area (Å²) in [5, 5.41) is 10.6. The van der Waals surface area contributed by atoms with E-state index in [1.54, 1.807) is 0 Å². The molecule has 1 aromatic carbocycles. The number of esters is 1. The zero-order chi connectivity index (χ0) is 17.6. The molecule has 9 heteroatoms. The van der Waals surface area contributed by atoms with Gasteiger partial charge in [0.1, 0.15) is 6.61 Å². The van der Waals surface area contributed by atoms with E-state index in [4.69, 9.17) is 14.7 Å². The van der Waals surface area contributed by atoms with Crippen LogP contribution in [0.3, 0.4) is 0 Å². The fourth-order valence-corrected chi connectivity index (χ4v) is 2.40. The highest BCUT2D eigenvalue weighted by Gasteiger charge is 2.31. The monoisotopic (exact) mass is 335 g/mol. The van der Waals surface area contributed by atoms with Crippen molar-refractivity contribution in [1.29, 1.82) is 0 Å². The fourth-order valence-electron chi connectivity index (χ4n) is 1.56. The lowest BCUT2D eigenvalue weighted by Gasteiger charge is -2.18. The molecule has 0 spiro atoms. The molecule has 8 nitrogen and oxygen atoms in total. The van der Waals surface area contributed by atoms with Gasteiger partial charge in [0.2, 0.25) is 8.32 Å². The Kier molecular flexibility index (Phi) is 5.94. The molecule has 1 rings (SSSR count). The number of nitro groups is 1. The number of nitrogens with zero attached hydrogens (tertiary/aromatic N) is 3. The minimum Gasteiger partial charge on any atom is -0.539 e. The van der Waals surface area contributed by atoms with E-state index >= 15 is 0 Å². The summed E-state index contributed by atoms with van der Waals surface area (Å²) in [6.07, 6.45) is 0. The lowest BCUT2D eigenvalue weighted by Crippen LogP contribution is -2.30. The van der Waals surface area contributed by atoms with Crippen LogP contribution in [-0.4, -0.2) is 29.7 Å². The largest absolute Gasteiger partial charge is 0.539 e. The van der Waals surface area contributed by atoms with Crippen LogP contribution in [0.1, 0.15) is 5.56 Å². The molecule has 0 radical (unpaired) electrons. The van der Waals surface area contributed by atoms with Crippen molar-refractivity contribution >= 4 is 25.7 Å². The molecule has 1 aromatic rings. The topological polar surface area (TPSA) is 115 Å². The number of carbonyl (C=O) groups is 1. The molecule has 122 valence electrons. The molecule has 0 aromatic heterocycles. The Morgan fingerprint density at radius 1 is 1.35 bits per heavy atom. The van der Waals surface area contributed by atoms with Crippen LogP contribution < -0.4 is 0 Å². The summed E-state index contributed by atoms with van der Waals surface area (Å²) in [4.78, 5) is 24.8. The third-order valence-electron chi connectivity index (χ3n) is 2.50. The molecule has 0 saturated heterocycles. The molecule has 0 aliphatic rings. The minimum atomic E-state index is -2.01. The highest BCUT2D eigenvalue weighted by atomic mass is 28.4. The zero-order valence-electron chi connectivity index (χ0n) is 13.1. The van der Waals surface area contributed by atoms with Crippen LogP contribution in [0.4, 0.5) is 5.69 Å². The first-order valence-corrected chi connectivity index (χ1v) is 10.1. The van der Waals surface area contributed by atoms with Crippen LogP contribution in [-0.2, 0) is 20.6 Å². The molecule has 0 unspecified atom stereocenters. The first-order chi connectivity index (χ1) is 10.6. The first-order valence-electron chi connectivity index (χ1n) is 6.65. The molecule has 0 amide bonds. The maximum atomic E-state index is 11.9. The zero-order valence-corrected chi connectivity index (χ0v) is 14.1. The summed E-state index contributed by atoms with van der Waals surface area (Å²) in [5.74, 6) is -0.950. The van der Waals surface area contributed by atoms with E-state index in [1.807, 2.05) is 19.6 Å². The molecule has 0 aliphatic carbocycles. The summed E-state index contributed by atoms with van der Waals surface area (Å²) >= 11 is 0. The number of non-ortho nitro benzene ring substituents is 1. The van der Waals surface area contributed by atoms with Gasteiger partial charge >= 0.3 is 11.7 Å². The predicted molar refractivity (Wildman–Crippen MR) is 85.1 cm³/mol. The molecule has 0 aliphatic heterocycles. The Hall–Kier alpha value is -2.77. The average molecular weight is 335 g/mol. The van der Waals surface area contributed by atoms with Gasteiger partial charge in [-0.3, -0.25) is 10.1 Å². The Morgan fingerprint density at radius 3 is 2.35 bits per heavy atom. The number of carbonyl (C=O) groups excluding carboxylic acids is 1. The van der Waals surface area contributed by atoms with Gasteiger partial charge in [-0.15, -0.1) is 0 Å². The molecule has 0 N–H and O–H groups in total. The van der Waals surface area contributed by atoms with Crippen LogP contribution in [0.25, 0.3) is 5.53 Å². The van der Waals surface area contributed by atoms with Crippen LogP contribution >= 0.6 is 0 Å². The molecule has 0 saturated carbocycles. The van der Waals surface area contributed by atoms with Crippen LogP contribution in [0.2, 0.25) is 19.6 Å². The number of rotatable bonds is 7. The highest BCUT2D eigenvalue weighted by Crippen LogP contribution is 2.14. The molecule has 0 atom stereocenters. The standard InChI is InChI=1S/C14H17N3O5Si/c1-10(22-23(2,3)4)13(16-15)14(18)21-9-11-5-7-12(8-6-11)17(19)20/h5-8H,1,9H2,2-4H3. The number of nitro benzene ring substituents is 1. The lowest BCUT2D eigenvalue weighted by molar-refractivity contribution is -0.384. The second kappa shape index (κ2) is 7.48. The average Bonchev–Trinajstić information content (AvgIpc) is 2.44. The highest BCUT2D eigenvalue weighted by molar-refractivity contribution is 6.70. The molecule has 23 heavy (non-hydrogen) atoms. The predicted octanol–water partition coefficient (Wildman–Crippen LogP) is 2.67. The van der Waals surface area contributed by atoms with Crippen molar-refractivity contribution in [1.82, 2.24) is 0 Å². The van der Waals surface area contributed by atoms with Crippen molar-refractivity contribution in [3.8, 4) is 0 Å². The van der Waals surface area contributed by atoms with Crippen molar-refractivity contribution in [3.05, 3.63) is 57.8 Å². The van der Waals surface area contributed by atoms with E-state index in [0.717, 1.165) is 0 Å². The van der Waals surface area contributed by atoms with E-state index in [9.17, 15) is 14.9 Å². The summed E-state index contributed by atoms with van der Waals surface area (Å²) in [5.41, 5.74) is 9.03. The maximum absolute atomic E-state index is 11.9. The Balaban J connectivity index is 2.69. The molecule has 0 bridgehead atoms. The maximum Gasteiger partial charge on any atom is 0.438 e. The fraction of sp³-hybridized carbons (Fsp3) is 0.286. The van der Waals surface area contributed by atoms with Crippen molar-refractivity contribution in [2.75, 3.05) is 0 Å². The second-order valence-electron chi connectivity index (χ2n) is 5.59. The van der Waals surface area contributed by atoms with Gasteiger partial charge in [-0.2, -0.15) is 4.79 Å². The van der Waals surface area contributed by atoms with Gasteiger partial charge in [0.15, 0.2) is 5.76 Å². The van der Waals surface area contributed by atoms with E-state index in [0.29, 0.717) is 5.56 Å². The number of hydrogen-bond acceptors (Lipinski definition) is 5.